The first-order chi connectivity index (χ1) is 16.2. The van der Waals surface area contributed by atoms with Crippen LogP contribution in [0.4, 0.5) is 0 Å². The van der Waals surface area contributed by atoms with Crippen LogP contribution < -0.4 is 0 Å². The molecule has 34 heavy (non-hydrogen) atoms. The van der Waals surface area contributed by atoms with Crippen LogP contribution in [-0.2, 0) is 20.4 Å². The fourth-order valence-corrected chi connectivity index (χ4v) is 3.88. The summed E-state index contributed by atoms with van der Waals surface area (Å²) in [5.41, 5.74) is 5.86. The molecule has 0 saturated heterocycles. The fraction of sp³-hybridized carbons (Fsp3) is 0.103. The molecule has 3 heterocycles. The number of para-hydroxylation sites is 2. The van der Waals surface area contributed by atoms with Crippen LogP contribution in [0.15, 0.2) is 102 Å². The number of benzene rings is 3. The van der Waals surface area contributed by atoms with Gasteiger partial charge in [-0.2, -0.15) is 29.4 Å². The van der Waals surface area contributed by atoms with Crippen LogP contribution in [-0.4, -0.2) is 14.8 Å². The van der Waals surface area contributed by atoms with E-state index in [2.05, 4.69) is 60.3 Å². The van der Waals surface area contributed by atoms with Gasteiger partial charge < -0.3 is 9.40 Å². The van der Waals surface area contributed by atoms with Crippen LogP contribution in [0.25, 0.3) is 38.9 Å². The minimum absolute atomic E-state index is 0. The molecule has 0 saturated carbocycles. The van der Waals surface area contributed by atoms with E-state index >= 15 is 0 Å². The molecule has 0 N–H and O–H groups in total. The van der Waals surface area contributed by atoms with E-state index in [4.69, 9.17) is 4.42 Å². The Bertz CT molecular complexity index is 1470. The van der Waals surface area contributed by atoms with Crippen molar-refractivity contribution in [3.05, 3.63) is 115 Å². The second-order valence-electron chi connectivity index (χ2n) is 7.99. The van der Waals surface area contributed by atoms with Gasteiger partial charge in [0.1, 0.15) is 5.58 Å². The van der Waals surface area contributed by atoms with Crippen molar-refractivity contribution in [1.29, 1.82) is 0 Å². The standard InChI is InChI=1S/C20H16NO.C9H7N2.Pd/c1-13(2)14-7-5-8-15-16-9-6-10-17(20(16)22-19(14)15)18-11-3-4-12-21-18;1-2-5-9(6-3-1)11-8-4-7-10-11;/h3-9,11-13H,1-2H3;1-5,7-8H;/q2*-1;+2. The molecule has 5 heteroatoms. The Hall–Kier alpha value is -3.52. The second kappa shape index (κ2) is 10.6. The summed E-state index contributed by atoms with van der Waals surface area (Å²) in [5, 5.41) is 6.35. The third-order valence-corrected chi connectivity index (χ3v) is 5.48. The van der Waals surface area contributed by atoms with E-state index in [0.29, 0.717) is 5.92 Å². The third-order valence-electron chi connectivity index (χ3n) is 5.48. The molecule has 6 aromatic rings. The molecule has 0 bridgehead atoms. The summed E-state index contributed by atoms with van der Waals surface area (Å²) in [7, 11) is 0. The molecule has 0 radical (unpaired) electrons. The number of nitrogens with zero attached hydrogens (tertiary/aromatic N) is 3. The van der Waals surface area contributed by atoms with Gasteiger partial charge in [-0.3, -0.25) is 4.68 Å². The van der Waals surface area contributed by atoms with Gasteiger partial charge in [0.2, 0.25) is 0 Å². The maximum absolute atomic E-state index is 6.26. The van der Waals surface area contributed by atoms with E-state index in [9.17, 15) is 0 Å². The number of fused-ring (bicyclic) bond motifs is 3. The molecular weight excluding hydrogens is 513 g/mol. The number of rotatable bonds is 3. The first kappa shape index (κ1) is 23.6. The Balaban J connectivity index is 0.000000193. The van der Waals surface area contributed by atoms with Gasteiger partial charge in [-0.05, 0) is 35.0 Å². The van der Waals surface area contributed by atoms with Crippen LogP contribution in [0.5, 0.6) is 0 Å². The van der Waals surface area contributed by atoms with E-state index < -0.39 is 0 Å². The Labute approximate surface area is 212 Å². The molecule has 0 aliphatic carbocycles. The number of hydrogen-bond acceptors (Lipinski definition) is 3. The summed E-state index contributed by atoms with van der Waals surface area (Å²) in [6.07, 6.45) is 5.44. The Morgan fingerprint density at radius 3 is 2.35 bits per heavy atom. The first-order valence-corrected chi connectivity index (χ1v) is 11.0. The maximum atomic E-state index is 6.26. The summed E-state index contributed by atoms with van der Waals surface area (Å²) < 4.78 is 8.04. The minimum atomic E-state index is 0. The van der Waals surface area contributed by atoms with Crippen molar-refractivity contribution in [3.8, 4) is 16.9 Å². The number of furan rings is 1. The van der Waals surface area contributed by atoms with Gasteiger partial charge in [0.05, 0.1) is 5.58 Å². The van der Waals surface area contributed by atoms with Crippen molar-refractivity contribution in [2.45, 2.75) is 19.8 Å². The van der Waals surface area contributed by atoms with Crippen LogP contribution in [0.2, 0.25) is 0 Å². The van der Waals surface area contributed by atoms with Crippen molar-refractivity contribution in [1.82, 2.24) is 14.8 Å². The molecule has 170 valence electrons. The van der Waals surface area contributed by atoms with Crippen LogP contribution in [0.1, 0.15) is 25.3 Å². The van der Waals surface area contributed by atoms with Gasteiger partial charge in [-0.25, -0.2) is 0 Å². The molecule has 0 fully saturated rings. The second-order valence-corrected chi connectivity index (χ2v) is 7.99. The molecule has 0 aliphatic rings. The quantitative estimate of drug-likeness (QED) is 0.177. The number of pyridine rings is 1. The average molecular weight is 536 g/mol. The summed E-state index contributed by atoms with van der Waals surface area (Å²) in [5.74, 6) is 0.423. The maximum Gasteiger partial charge on any atom is 2.00 e. The van der Waals surface area contributed by atoms with Crippen molar-refractivity contribution in [2.24, 2.45) is 0 Å². The zero-order chi connectivity index (χ0) is 22.6. The molecule has 4 nitrogen and oxygen atoms in total. The number of hydrogen-bond donors (Lipinski definition) is 0. The minimum Gasteiger partial charge on any atom is -0.500 e. The summed E-state index contributed by atoms with van der Waals surface area (Å²) in [4.78, 5) is 4.44. The van der Waals surface area contributed by atoms with E-state index in [0.717, 1.165) is 38.9 Å². The molecule has 0 atom stereocenters. The fourth-order valence-electron chi connectivity index (χ4n) is 3.88. The predicted octanol–water partition coefficient (Wildman–Crippen LogP) is 7.24. The topological polar surface area (TPSA) is 43.9 Å². The molecule has 0 spiro atoms. The molecule has 0 amide bonds. The average Bonchev–Trinajstić information content (AvgIpc) is 3.54. The monoisotopic (exact) mass is 535 g/mol. The number of aromatic nitrogens is 3. The van der Waals surface area contributed by atoms with Crippen LogP contribution in [0.3, 0.4) is 0 Å². The van der Waals surface area contributed by atoms with Crippen molar-refractivity contribution in [2.75, 3.05) is 0 Å². The SMILES string of the molecule is CC(C)c1cccc2c1oc1c(-c3ccccn3)[c-]ccc12.[Pd+2].[c-]1ccccc1-n1cccn1. The summed E-state index contributed by atoms with van der Waals surface area (Å²) in [6, 6.07) is 32.2. The molecule has 6 rings (SSSR count). The van der Waals surface area contributed by atoms with Gasteiger partial charge in [0.25, 0.3) is 0 Å². The summed E-state index contributed by atoms with van der Waals surface area (Å²) >= 11 is 0. The largest absolute Gasteiger partial charge is 2.00 e. The van der Waals surface area contributed by atoms with Gasteiger partial charge in [0, 0.05) is 24.0 Å². The van der Waals surface area contributed by atoms with Gasteiger partial charge in [-0.15, -0.1) is 24.3 Å². The van der Waals surface area contributed by atoms with E-state index in [1.807, 2.05) is 60.8 Å². The third kappa shape index (κ3) is 4.72. The molecule has 0 aliphatic heterocycles. The Morgan fingerprint density at radius 1 is 0.794 bits per heavy atom. The van der Waals surface area contributed by atoms with Crippen molar-refractivity contribution in [3.63, 3.8) is 0 Å². The Kier molecular flexibility index (Phi) is 7.37. The molecule has 3 aromatic carbocycles. The predicted molar refractivity (Wildman–Crippen MR) is 132 cm³/mol. The normalized spacial score (nSPS) is 10.7. The van der Waals surface area contributed by atoms with Crippen LogP contribution in [0, 0.1) is 12.1 Å². The zero-order valence-electron chi connectivity index (χ0n) is 18.9. The van der Waals surface area contributed by atoms with E-state index in [1.54, 1.807) is 17.1 Å². The zero-order valence-corrected chi connectivity index (χ0v) is 20.4. The van der Waals surface area contributed by atoms with E-state index in [1.165, 1.54) is 5.56 Å². The first-order valence-electron chi connectivity index (χ1n) is 11.0. The van der Waals surface area contributed by atoms with E-state index in [-0.39, 0.29) is 20.4 Å². The van der Waals surface area contributed by atoms with Crippen molar-refractivity contribution < 1.29 is 24.8 Å². The van der Waals surface area contributed by atoms with Gasteiger partial charge >= 0.3 is 20.4 Å². The molecule has 3 aromatic heterocycles. The molecular formula is C29H23N3OPd. The van der Waals surface area contributed by atoms with Gasteiger partial charge in [0.15, 0.2) is 0 Å². The van der Waals surface area contributed by atoms with Crippen molar-refractivity contribution >= 4 is 21.9 Å². The molecule has 0 unspecified atom stereocenters. The van der Waals surface area contributed by atoms with Gasteiger partial charge in [-0.1, -0.05) is 55.1 Å². The van der Waals surface area contributed by atoms with Crippen LogP contribution >= 0.6 is 0 Å². The summed E-state index contributed by atoms with van der Waals surface area (Å²) in [6.45, 7) is 4.38. The Morgan fingerprint density at radius 2 is 1.65 bits per heavy atom. The smallest absolute Gasteiger partial charge is 0.500 e.